The molecule has 50 heavy (non-hydrogen) atoms. The van der Waals surface area contributed by atoms with Gasteiger partial charge in [-0.1, -0.05) is 72.8 Å². The molecule has 0 radical (unpaired) electrons. The fourth-order valence-electron chi connectivity index (χ4n) is 7.45. The van der Waals surface area contributed by atoms with Gasteiger partial charge < -0.3 is 9.13 Å². The molecule has 9 rings (SSSR count). The van der Waals surface area contributed by atoms with Crippen LogP contribution in [0.2, 0.25) is 0 Å². The number of nitriles is 3. The van der Waals surface area contributed by atoms with Crippen molar-refractivity contribution in [2.24, 2.45) is 0 Å². The molecule has 0 unspecified atom stereocenters. The van der Waals surface area contributed by atoms with E-state index in [9.17, 15) is 15.8 Å². The molecule has 0 N–H and O–H groups in total. The van der Waals surface area contributed by atoms with Crippen LogP contribution >= 0.6 is 0 Å². The Kier molecular flexibility index (Phi) is 6.56. The molecule has 0 aliphatic rings. The average Bonchev–Trinajstić information content (AvgIpc) is 3.70. The number of para-hydroxylation sites is 3. The van der Waals surface area contributed by atoms with Crippen molar-refractivity contribution in [3.8, 4) is 51.8 Å². The number of hydrogen-bond acceptors (Lipinski definition) is 3. The fraction of sp³-hybridized carbons (Fsp3) is 0. The van der Waals surface area contributed by atoms with Gasteiger partial charge in [0.25, 0.3) is 0 Å². The zero-order valence-electron chi connectivity index (χ0n) is 26.7. The van der Waals surface area contributed by atoms with Crippen LogP contribution in [0.4, 0.5) is 0 Å². The van der Waals surface area contributed by atoms with Gasteiger partial charge in [-0.05, 0) is 95.6 Å². The topological polar surface area (TPSA) is 81.2 Å². The van der Waals surface area contributed by atoms with E-state index in [0.29, 0.717) is 16.7 Å². The molecule has 0 atom stereocenters. The highest BCUT2D eigenvalue weighted by molar-refractivity contribution is 6.11. The van der Waals surface area contributed by atoms with E-state index in [0.717, 1.165) is 66.5 Å². The molecular weight excluding hydrogens is 611 g/mol. The highest BCUT2D eigenvalue weighted by Crippen LogP contribution is 2.40. The van der Waals surface area contributed by atoms with Gasteiger partial charge in [0.2, 0.25) is 0 Å². The first-order chi connectivity index (χ1) is 24.7. The predicted octanol–water partition coefficient (Wildman–Crippen LogP) is 10.8. The van der Waals surface area contributed by atoms with Gasteiger partial charge in [-0.25, -0.2) is 0 Å². The standard InChI is InChI=1S/C45H25N5/c46-26-29-19-20-43-39(23-29)38-14-3-6-17-42(38)50(43)44-18-8-10-32(28-48)45(44)34-22-30(27-47)21-33(24-34)31-9-7-11-35(25-31)49-40-15-4-1-12-36(40)37-13-2-5-16-41(37)49/h1-25H. The first-order valence-corrected chi connectivity index (χ1v) is 16.3. The minimum absolute atomic E-state index is 0.499. The summed E-state index contributed by atoms with van der Waals surface area (Å²) in [6, 6.07) is 57.7. The SMILES string of the molecule is N#Cc1cc(-c2cccc(-n3c4ccccc4c4ccccc43)c2)cc(-c2c(C#N)cccc2-n2c3ccccc3c3cc(C#N)ccc32)c1. The Morgan fingerprint density at radius 1 is 0.380 bits per heavy atom. The Balaban J connectivity index is 1.27. The maximum absolute atomic E-state index is 10.5. The molecule has 0 aliphatic carbocycles. The Hall–Kier alpha value is -7.39. The quantitative estimate of drug-likeness (QED) is 0.193. The number of nitrogens with zero attached hydrogens (tertiary/aromatic N) is 5. The number of hydrogen-bond donors (Lipinski definition) is 0. The van der Waals surface area contributed by atoms with E-state index in [-0.39, 0.29) is 0 Å². The lowest BCUT2D eigenvalue weighted by atomic mass is 9.92. The Morgan fingerprint density at radius 2 is 0.980 bits per heavy atom. The second kappa shape index (κ2) is 11.4. The number of rotatable bonds is 4. The van der Waals surface area contributed by atoms with Crippen molar-refractivity contribution in [2.75, 3.05) is 0 Å². The lowest BCUT2D eigenvalue weighted by molar-refractivity contribution is 1.18. The van der Waals surface area contributed by atoms with E-state index >= 15 is 0 Å². The molecule has 9 aromatic rings. The van der Waals surface area contributed by atoms with Crippen LogP contribution in [0, 0.1) is 34.0 Å². The van der Waals surface area contributed by atoms with E-state index in [1.807, 2.05) is 60.7 Å². The number of benzene rings is 7. The monoisotopic (exact) mass is 635 g/mol. The van der Waals surface area contributed by atoms with Crippen molar-refractivity contribution in [3.05, 3.63) is 168 Å². The summed E-state index contributed by atoms with van der Waals surface area (Å²) in [6.07, 6.45) is 0. The molecule has 2 heterocycles. The van der Waals surface area contributed by atoms with Crippen molar-refractivity contribution in [2.45, 2.75) is 0 Å². The molecule has 2 aromatic heterocycles. The van der Waals surface area contributed by atoms with E-state index in [1.165, 1.54) is 10.8 Å². The van der Waals surface area contributed by atoms with Gasteiger partial charge in [0.1, 0.15) is 0 Å². The third-order valence-electron chi connectivity index (χ3n) is 9.57. The van der Waals surface area contributed by atoms with Gasteiger partial charge in [-0.3, -0.25) is 0 Å². The second-order valence-electron chi connectivity index (χ2n) is 12.3. The summed E-state index contributed by atoms with van der Waals surface area (Å²) in [5.41, 5.74) is 10.9. The van der Waals surface area contributed by atoms with Gasteiger partial charge in [0.05, 0.1) is 62.7 Å². The molecular formula is C45H25N5. The van der Waals surface area contributed by atoms with Crippen molar-refractivity contribution in [1.29, 1.82) is 15.8 Å². The van der Waals surface area contributed by atoms with Crippen LogP contribution in [0.3, 0.4) is 0 Å². The molecule has 0 saturated carbocycles. The lowest BCUT2D eigenvalue weighted by Crippen LogP contribution is -2.00. The highest BCUT2D eigenvalue weighted by Gasteiger charge is 2.20. The van der Waals surface area contributed by atoms with Crippen LogP contribution < -0.4 is 0 Å². The Morgan fingerprint density at radius 3 is 1.66 bits per heavy atom. The molecule has 230 valence electrons. The molecule has 0 aliphatic heterocycles. The molecule has 0 spiro atoms. The van der Waals surface area contributed by atoms with Crippen LogP contribution in [-0.4, -0.2) is 9.13 Å². The third-order valence-corrected chi connectivity index (χ3v) is 9.57. The van der Waals surface area contributed by atoms with Crippen LogP contribution in [-0.2, 0) is 0 Å². The van der Waals surface area contributed by atoms with Gasteiger partial charge in [-0.15, -0.1) is 0 Å². The third kappa shape index (κ3) is 4.38. The van der Waals surface area contributed by atoms with Gasteiger partial charge >= 0.3 is 0 Å². The summed E-state index contributed by atoms with van der Waals surface area (Å²) in [4.78, 5) is 0. The minimum Gasteiger partial charge on any atom is -0.309 e. The zero-order chi connectivity index (χ0) is 33.8. The average molecular weight is 636 g/mol. The van der Waals surface area contributed by atoms with Gasteiger partial charge in [0, 0.05) is 32.8 Å². The van der Waals surface area contributed by atoms with Crippen LogP contribution in [0.1, 0.15) is 16.7 Å². The maximum Gasteiger partial charge on any atom is 0.0998 e. The predicted molar refractivity (Wildman–Crippen MR) is 200 cm³/mol. The molecule has 0 amide bonds. The number of aromatic nitrogens is 2. The summed E-state index contributed by atoms with van der Waals surface area (Å²) in [7, 11) is 0. The molecule has 5 heteroatoms. The first-order valence-electron chi connectivity index (χ1n) is 16.3. The fourth-order valence-corrected chi connectivity index (χ4v) is 7.45. The first kappa shape index (κ1) is 28.8. The lowest BCUT2D eigenvalue weighted by Gasteiger charge is -2.17. The molecule has 0 bridgehead atoms. The van der Waals surface area contributed by atoms with Crippen molar-refractivity contribution in [3.63, 3.8) is 0 Å². The number of fused-ring (bicyclic) bond motifs is 6. The summed E-state index contributed by atoms with van der Waals surface area (Å²) < 4.78 is 4.44. The van der Waals surface area contributed by atoms with Crippen molar-refractivity contribution >= 4 is 43.6 Å². The van der Waals surface area contributed by atoms with Crippen LogP contribution in [0.5, 0.6) is 0 Å². The van der Waals surface area contributed by atoms with E-state index in [1.54, 1.807) is 0 Å². The van der Waals surface area contributed by atoms with Crippen molar-refractivity contribution < 1.29 is 0 Å². The van der Waals surface area contributed by atoms with E-state index in [4.69, 9.17) is 0 Å². The smallest absolute Gasteiger partial charge is 0.0998 e. The summed E-state index contributed by atoms with van der Waals surface area (Å²) in [5, 5.41) is 34.8. The summed E-state index contributed by atoms with van der Waals surface area (Å²) >= 11 is 0. The van der Waals surface area contributed by atoms with Crippen LogP contribution in [0.15, 0.2) is 152 Å². The largest absolute Gasteiger partial charge is 0.309 e. The molecule has 7 aromatic carbocycles. The van der Waals surface area contributed by atoms with Gasteiger partial charge in [0.15, 0.2) is 0 Å². The normalized spacial score (nSPS) is 11.1. The van der Waals surface area contributed by atoms with E-state index in [2.05, 4.69) is 118 Å². The molecule has 0 fully saturated rings. The Bertz CT molecular complexity index is 2920. The molecule has 5 nitrogen and oxygen atoms in total. The maximum atomic E-state index is 10.5. The zero-order valence-corrected chi connectivity index (χ0v) is 26.7. The molecule has 0 saturated heterocycles. The second-order valence-corrected chi connectivity index (χ2v) is 12.3. The minimum atomic E-state index is 0.499. The van der Waals surface area contributed by atoms with Crippen LogP contribution in [0.25, 0.3) is 77.2 Å². The van der Waals surface area contributed by atoms with Gasteiger partial charge in [-0.2, -0.15) is 15.8 Å². The van der Waals surface area contributed by atoms with Crippen molar-refractivity contribution in [1.82, 2.24) is 9.13 Å². The summed E-state index contributed by atoms with van der Waals surface area (Å²) in [6.45, 7) is 0. The van der Waals surface area contributed by atoms with E-state index < -0.39 is 0 Å². The highest BCUT2D eigenvalue weighted by atomic mass is 15.0. The summed E-state index contributed by atoms with van der Waals surface area (Å²) in [5.74, 6) is 0. The Labute approximate surface area is 287 Å².